The first kappa shape index (κ1) is 14.9. The highest BCUT2D eigenvalue weighted by Gasteiger charge is 2.11. The van der Waals surface area contributed by atoms with Crippen molar-refractivity contribution in [3.05, 3.63) is 47.3 Å². The summed E-state index contributed by atoms with van der Waals surface area (Å²) in [4.78, 5) is 13.5. The van der Waals surface area contributed by atoms with Gasteiger partial charge in [0.1, 0.15) is 0 Å². The predicted molar refractivity (Wildman–Crippen MR) is 83.5 cm³/mol. The van der Waals surface area contributed by atoms with Crippen LogP contribution in [0.1, 0.15) is 35.6 Å². The van der Waals surface area contributed by atoms with Gasteiger partial charge in [0.05, 0.1) is 12.1 Å². The number of carbonyl (C=O) groups is 1. The zero-order valence-corrected chi connectivity index (χ0v) is 13.0. The van der Waals surface area contributed by atoms with Gasteiger partial charge in [-0.15, -0.1) is 11.8 Å². The number of aryl methyl sites for hydroxylation is 2. The molecule has 2 aromatic rings. The van der Waals surface area contributed by atoms with Gasteiger partial charge < -0.3 is 0 Å². The molecule has 0 fully saturated rings. The molecule has 1 heterocycles. The van der Waals surface area contributed by atoms with Crippen LogP contribution in [0, 0.1) is 0 Å². The number of hydrogen-bond donors (Lipinski definition) is 0. The summed E-state index contributed by atoms with van der Waals surface area (Å²) in [6.45, 7) is 4.19. The number of Topliss-reactive ketones (excluding diaryl/α,β-unsaturated/α-hetero) is 1. The summed E-state index contributed by atoms with van der Waals surface area (Å²) in [5, 5.41) is 4.38. The van der Waals surface area contributed by atoms with Crippen LogP contribution in [0.15, 0.2) is 35.2 Å². The number of nitrogens with zero attached hydrogens (tertiary/aromatic N) is 2. The van der Waals surface area contributed by atoms with Crippen molar-refractivity contribution >= 4 is 17.5 Å². The van der Waals surface area contributed by atoms with E-state index in [0.29, 0.717) is 6.42 Å². The molecule has 0 N–H and O–H groups in total. The Bertz CT molecular complexity index is 587. The largest absolute Gasteiger partial charge is 0.294 e. The Kier molecular flexibility index (Phi) is 5.01. The lowest BCUT2D eigenvalue weighted by Crippen LogP contribution is -2.07. The summed E-state index contributed by atoms with van der Waals surface area (Å²) >= 11 is 1.78. The minimum Gasteiger partial charge on any atom is -0.294 e. The van der Waals surface area contributed by atoms with Crippen molar-refractivity contribution < 1.29 is 4.79 Å². The predicted octanol–water partition coefficient (Wildman–Crippen LogP) is 3.52. The molecular formula is C16H20N2OS. The first-order chi connectivity index (χ1) is 9.63. The molecule has 0 radical (unpaired) electrons. The van der Waals surface area contributed by atoms with E-state index in [1.165, 1.54) is 4.90 Å². The molecular weight excluding hydrogens is 268 g/mol. The van der Waals surface area contributed by atoms with E-state index < -0.39 is 0 Å². The summed E-state index contributed by atoms with van der Waals surface area (Å²) < 4.78 is 1.80. The first-order valence-electron chi connectivity index (χ1n) is 6.91. The zero-order chi connectivity index (χ0) is 14.5. The molecule has 3 nitrogen and oxygen atoms in total. The normalized spacial score (nSPS) is 10.8. The number of rotatable bonds is 6. The number of ketones is 1. The topological polar surface area (TPSA) is 34.9 Å². The lowest BCUT2D eigenvalue weighted by Gasteiger charge is -2.03. The van der Waals surface area contributed by atoms with E-state index >= 15 is 0 Å². The molecule has 0 aliphatic rings. The maximum absolute atomic E-state index is 12.3. The van der Waals surface area contributed by atoms with Gasteiger partial charge in [0.15, 0.2) is 5.78 Å². The van der Waals surface area contributed by atoms with Gasteiger partial charge in [-0.25, -0.2) is 0 Å². The third-order valence-electron chi connectivity index (χ3n) is 3.22. The Hall–Kier alpha value is -1.55. The molecule has 1 aromatic carbocycles. The Morgan fingerprint density at radius 1 is 1.25 bits per heavy atom. The first-order valence-corrected chi connectivity index (χ1v) is 7.90. The molecule has 0 aliphatic carbocycles. The van der Waals surface area contributed by atoms with Gasteiger partial charge >= 0.3 is 0 Å². The van der Waals surface area contributed by atoms with Crippen LogP contribution in [-0.4, -0.2) is 21.3 Å². The van der Waals surface area contributed by atoms with E-state index in [1.54, 1.807) is 16.4 Å². The quantitative estimate of drug-likeness (QED) is 0.602. The number of carbonyl (C=O) groups excluding carboxylic acids is 1. The van der Waals surface area contributed by atoms with Crippen molar-refractivity contribution in [3.8, 4) is 0 Å². The minimum absolute atomic E-state index is 0.142. The molecule has 0 aliphatic heterocycles. The van der Waals surface area contributed by atoms with E-state index in [2.05, 4.69) is 18.9 Å². The van der Waals surface area contributed by atoms with Gasteiger partial charge in [-0.1, -0.05) is 26.0 Å². The Morgan fingerprint density at radius 2 is 1.95 bits per heavy atom. The lowest BCUT2D eigenvalue weighted by atomic mass is 10.1. The smallest absolute Gasteiger partial charge is 0.168 e. The maximum atomic E-state index is 12.3. The van der Waals surface area contributed by atoms with Crippen LogP contribution in [0.25, 0.3) is 0 Å². The van der Waals surface area contributed by atoms with Gasteiger partial charge in [-0.3, -0.25) is 9.48 Å². The lowest BCUT2D eigenvalue weighted by molar-refractivity contribution is 0.0990. The molecule has 20 heavy (non-hydrogen) atoms. The molecule has 0 saturated heterocycles. The molecule has 0 atom stereocenters. The van der Waals surface area contributed by atoms with E-state index in [-0.39, 0.29) is 5.78 Å². The van der Waals surface area contributed by atoms with Crippen molar-refractivity contribution in [3.63, 3.8) is 0 Å². The average Bonchev–Trinajstić information content (AvgIpc) is 2.80. The maximum Gasteiger partial charge on any atom is 0.168 e. The number of thioether (sulfide) groups is 1. The Morgan fingerprint density at radius 3 is 2.50 bits per heavy atom. The van der Waals surface area contributed by atoms with Gasteiger partial charge in [0, 0.05) is 23.2 Å². The highest BCUT2D eigenvalue weighted by molar-refractivity contribution is 7.99. The second kappa shape index (κ2) is 6.75. The third kappa shape index (κ3) is 3.51. The van der Waals surface area contributed by atoms with Crippen LogP contribution in [0.4, 0.5) is 0 Å². The van der Waals surface area contributed by atoms with E-state index in [1.807, 2.05) is 37.4 Å². The van der Waals surface area contributed by atoms with Gasteiger partial charge in [0.2, 0.25) is 0 Å². The van der Waals surface area contributed by atoms with E-state index in [0.717, 1.165) is 29.1 Å². The minimum atomic E-state index is 0.142. The van der Waals surface area contributed by atoms with Crippen molar-refractivity contribution in [2.45, 2.75) is 31.6 Å². The monoisotopic (exact) mass is 288 g/mol. The fourth-order valence-corrected chi connectivity index (χ4v) is 2.74. The highest BCUT2D eigenvalue weighted by Crippen LogP contribution is 2.18. The molecule has 0 bridgehead atoms. The highest BCUT2D eigenvalue weighted by atomic mass is 32.2. The summed E-state index contributed by atoms with van der Waals surface area (Å²) in [6, 6.07) is 9.87. The summed E-state index contributed by atoms with van der Waals surface area (Å²) in [7, 11) is 1.89. The summed E-state index contributed by atoms with van der Waals surface area (Å²) in [6.07, 6.45) is 1.30. The molecule has 0 unspecified atom stereocenters. The molecule has 0 saturated carbocycles. The summed E-state index contributed by atoms with van der Waals surface area (Å²) in [5.74, 6) is 1.19. The van der Waals surface area contributed by atoms with E-state index in [4.69, 9.17) is 0 Å². The number of hydrogen-bond acceptors (Lipinski definition) is 3. The molecule has 1 aromatic heterocycles. The van der Waals surface area contributed by atoms with Crippen LogP contribution >= 0.6 is 11.8 Å². The standard InChI is InChI=1S/C16H20N2OS/c1-4-13-10-14(18(3)17-13)11-16(19)12-6-8-15(9-7-12)20-5-2/h6-10H,4-5,11H2,1-3H3. The van der Waals surface area contributed by atoms with Gasteiger partial charge in [-0.05, 0) is 30.4 Å². The molecule has 0 spiro atoms. The van der Waals surface area contributed by atoms with Crippen LogP contribution in [0.3, 0.4) is 0 Å². The number of benzene rings is 1. The van der Waals surface area contributed by atoms with Crippen molar-refractivity contribution in [1.82, 2.24) is 9.78 Å². The molecule has 106 valence electrons. The van der Waals surface area contributed by atoms with Gasteiger partial charge in [-0.2, -0.15) is 5.10 Å². The van der Waals surface area contributed by atoms with Crippen LogP contribution < -0.4 is 0 Å². The Balaban J connectivity index is 2.09. The third-order valence-corrected chi connectivity index (χ3v) is 4.11. The second-order valence-corrected chi connectivity index (χ2v) is 6.00. The molecule has 0 amide bonds. The SMILES string of the molecule is CCSc1ccc(C(=O)Cc2cc(CC)nn2C)cc1. The Labute approximate surface area is 124 Å². The van der Waals surface area contributed by atoms with Gasteiger partial charge in [0.25, 0.3) is 0 Å². The fraction of sp³-hybridized carbons (Fsp3) is 0.375. The van der Waals surface area contributed by atoms with Crippen molar-refractivity contribution in [2.75, 3.05) is 5.75 Å². The van der Waals surface area contributed by atoms with Crippen LogP contribution in [0.2, 0.25) is 0 Å². The van der Waals surface area contributed by atoms with E-state index in [9.17, 15) is 4.79 Å². The fourth-order valence-electron chi connectivity index (χ4n) is 2.08. The van der Waals surface area contributed by atoms with Crippen molar-refractivity contribution in [2.24, 2.45) is 7.05 Å². The van der Waals surface area contributed by atoms with Crippen LogP contribution in [0.5, 0.6) is 0 Å². The average molecular weight is 288 g/mol. The van der Waals surface area contributed by atoms with Crippen LogP contribution in [-0.2, 0) is 19.9 Å². The number of aromatic nitrogens is 2. The summed E-state index contributed by atoms with van der Waals surface area (Å²) in [5.41, 5.74) is 2.77. The van der Waals surface area contributed by atoms with Crippen molar-refractivity contribution in [1.29, 1.82) is 0 Å². The molecule has 4 heteroatoms. The molecule has 2 rings (SSSR count). The second-order valence-electron chi connectivity index (χ2n) is 4.66. The zero-order valence-electron chi connectivity index (χ0n) is 12.2.